The maximum atomic E-state index is 7.57. The molecule has 0 aliphatic rings. The zero-order valence-corrected chi connectivity index (χ0v) is 7.99. The summed E-state index contributed by atoms with van der Waals surface area (Å²) >= 11 is 0. The fourth-order valence-electron chi connectivity index (χ4n) is 1.78. The van der Waals surface area contributed by atoms with Crippen LogP contribution >= 0.6 is 0 Å². The van der Waals surface area contributed by atoms with E-state index in [1.807, 2.05) is 30.3 Å². The minimum Gasteiger partial charge on any atom is -0.338 e. The van der Waals surface area contributed by atoms with Crippen LogP contribution < -0.4 is 5.49 Å². The van der Waals surface area contributed by atoms with E-state index in [1.54, 1.807) is 12.3 Å². The Morgan fingerprint density at radius 3 is 2.73 bits per heavy atom. The fourth-order valence-corrected chi connectivity index (χ4v) is 1.78. The van der Waals surface area contributed by atoms with Gasteiger partial charge in [-0.1, -0.05) is 18.2 Å². The van der Waals surface area contributed by atoms with Crippen LogP contribution in [0.25, 0.3) is 21.8 Å². The van der Waals surface area contributed by atoms with Gasteiger partial charge in [-0.05, 0) is 18.2 Å². The number of hydrogen-bond acceptors (Lipinski definition) is 2. The molecular formula is C12H9N3. The smallest absolute Gasteiger partial charge is 0.122 e. The highest BCUT2D eigenvalue weighted by molar-refractivity contribution is 6.02. The lowest BCUT2D eigenvalue weighted by molar-refractivity contribution is 1.13. The van der Waals surface area contributed by atoms with Gasteiger partial charge in [0.15, 0.2) is 0 Å². The van der Waals surface area contributed by atoms with Crippen LogP contribution in [0.15, 0.2) is 42.6 Å². The average Bonchev–Trinajstić information content (AvgIpc) is 2.29. The Morgan fingerprint density at radius 2 is 1.80 bits per heavy atom. The zero-order chi connectivity index (χ0) is 10.3. The molecule has 0 amide bonds. The van der Waals surface area contributed by atoms with Crippen LogP contribution in [-0.4, -0.2) is 9.97 Å². The largest absolute Gasteiger partial charge is 0.338 e. The van der Waals surface area contributed by atoms with Crippen LogP contribution in [0.2, 0.25) is 0 Å². The Hall–Kier alpha value is -2.16. The molecule has 3 aromatic rings. The van der Waals surface area contributed by atoms with E-state index in [9.17, 15) is 0 Å². The molecule has 1 aromatic carbocycles. The van der Waals surface area contributed by atoms with Crippen molar-refractivity contribution in [1.82, 2.24) is 9.97 Å². The van der Waals surface area contributed by atoms with Crippen molar-refractivity contribution in [2.45, 2.75) is 0 Å². The second-order valence-electron chi connectivity index (χ2n) is 3.48. The minimum atomic E-state index is 0.403. The molecule has 0 atom stereocenters. The number of benzene rings is 1. The number of H-pyrrole nitrogens is 1. The summed E-state index contributed by atoms with van der Waals surface area (Å²) in [7, 11) is 0. The van der Waals surface area contributed by atoms with Gasteiger partial charge >= 0.3 is 0 Å². The molecule has 0 aliphatic carbocycles. The Labute approximate surface area is 85.9 Å². The number of aromatic amines is 1. The second kappa shape index (κ2) is 2.92. The first-order chi connectivity index (χ1) is 7.34. The van der Waals surface area contributed by atoms with E-state index in [4.69, 9.17) is 5.41 Å². The van der Waals surface area contributed by atoms with Crippen molar-refractivity contribution in [3.05, 3.63) is 48.1 Å². The summed E-state index contributed by atoms with van der Waals surface area (Å²) in [5.74, 6) is 0. The van der Waals surface area contributed by atoms with Gasteiger partial charge in [-0.25, -0.2) is 0 Å². The number of rotatable bonds is 0. The zero-order valence-electron chi connectivity index (χ0n) is 7.99. The van der Waals surface area contributed by atoms with Crippen molar-refractivity contribution in [3.8, 4) is 0 Å². The maximum Gasteiger partial charge on any atom is 0.122 e. The summed E-state index contributed by atoms with van der Waals surface area (Å²) in [4.78, 5) is 7.37. The van der Waals surface area contributed by atoms with Crippen molar-refractivity contribution >= 4 is 21.8 Å². The molecule has 0 spiro atoms. The molecule has 0 radical (unpaired) electrons. The molecule has 0 saturated carbocycles. The Kier molecular flexibility index (Phi) is 1.59. The molecule has 0 aliphatic heterocycles. The van der Waals surface area contributed by atoms with Gasteiger partial charge in [0, 0.05) is 17.0 Å². The number of fused-ring (bicyclic) bond motifs is 3. The van der Waals surface area contributed by atoms with Crippen LogP contribution in [0.4, 0.5) is 0 Å². The third kappa shape index (κ3) is 1.21. The Bertz CT molecular complexity index is 698. The summed E-state index contributed by atoms with van der Waals surface area (Å²) in [5.41, 5.74) is 2.25. The molecule has 15 heavy (non-hydrogen) atoms. The van der Waals surface area contributed by atoms with E-state index in [2.05, 4.69) is 9.97 Å². The van der Waals surface area contributed by atoms with Gasteiger partial charge in [-0.15, -0.1) is 0 Å². The van der Waals surface area contributed by atoms with E-state index in [-0.39, 0.29) is 0 Å². The molecule has 0 fully saturated rings. The SMILES string of the molecule is N=c1ccc2ccc3cccnc3c2[nH]1. The number of hydrogen-bond donors (Lipinski definition) is 2. The van der Waals surface area contributed by atoms with Crippen LogP contribution in [0.1, 0.15) is 0 Å². The minimum absolute atomic E-state index is 0.403. The second-order valence-corrected chi connectivity index (χ2v) is 3.48. The third-order valence-electron chi connectivity index (χ3n) is 2.50. The van der Waals surface area contributed by atoms with E-state index in [0.29, 0.717) is 5.49 Å². The molecule has 3 heteroatoms. The first kappa shape index (κ1) is 8.17. The van der Waals surface area contributed by atoms with Crippen LogP contribution in [0.3, 0.4) is 0 Å². The van der Waals surface area contributed by atoms with Crippen molar-refractivity contribution in [3.63, 3.8) is 0 Å². The van der Waals surface area contributed by atoms with Gasteiger partial charge in [-0.3, -0.25) is 10.4 Å². The van der Waals surface area contributed by atoms with Crippen LogP contribution in [0, 0.1) is 5.41 Å². The van der Waals surface area contributed by atoms with Gasteiger partial charge < -0.3 is 4.98 Å². The molecule has 2 N–H and O–H groups in total. The average molecular weight is 195 g/mol. The van der Waals surface area contributed by atoms with Crippen molar-refractivity contribution in [1.29, 1.82) is 5.41 Å². The summed E-state index contributed by atoms with van der Waals surface area (Å²) in [6, 6.07) is 11.7. The number of nitrogens with zero attached hydrogens (tertiary/aromatic N) is 1. The molecule has 0 bridgehead atoms. The first-order valence-corrected chi connectivity index (χ1v) is 4.76. The van der Waals surface area contributed by atoms with Gasteiger partial charge in [0.25, 0.3) is 0 Å². The van der Waals surface area contributed by atoms with Crippen LogP contribution in [-0.2, 0) is 0 Å². The highest BCUT2D eigenvalue weighted by Crippen LogP contribution is 2.19. The monoisotopic (exact) mass is 195 g/mol. The number of pyridine rings is 2. The Morgan fingerprint density at radius 1 is 1.00 bits per heavy atom. The standard InChI is InChI=1S/C12H9N3/c13-10-6-5-9-4-3-8-2-1-7-14-11(8)12(9)15-10/h1-7H,(H2,13,15). The molecule has 3 nitrogen and oxygen atoms in total. The van der Waals surface area contributed by atoms with E-state index < -0.39 is 0 Å². The molecule has 72 valence electrons. The Balaban J connectivity index is 2.63. The molecule has 0 saturated heterocycles. The van der Waals surface area contributed by atoms with Crippen LogP contribution in [0.5, 0.6) is 0 Å². The highest BCUT2D eigenvalue weighted by Gasteiger charge is 2.00. The number of nitrogens with one attached hydrogen (secondary N) is 2. The molecular weight excluding hydrogens is 186 g/mol. The van der Waals surface area contributed by atoms with Crippen molar-refractivity contribution in [2.75, 3.05) is 0 Å². The molecule has 2 heterocycles. The summed E-state index contributed by atoms with van der Waals surface area (Å²) < 4.78 is 0. The van der Waals surface area contributed by atoms with Gasteiger partial charge in [-0.2, -0.15) is 0 Å². The van der Waals surface area contributed by atoms with Crippen molar-refractivity contribution in [2.24, 2.45) is 0 Å². The summed E-state index contributed by atoms with van der Waals surface area (Å²) in [6.45, 7) is 0. The molecule has 2 aromatic heterocycles. The normalized spacial score (nSPS) is 10.9. The summed E-state index contributed by atoms with van der Waals surface area (Å²) in [6.07, 6.45) is 1.77. The predicted molar refractivity (Wildman–Crippen MR) is 59.5 cm³/mol. The lowest BCUT2D eigenvalue weighted by Gasteiger charge is -2.01. The summed E-state index contributed by atoms with van der Waals surface area (Å²) in [5, 5.41) is 9.74. The van der Waals surface area contributed by atoms with E-state index in [1.165, 1.54) is 0 Å². The first-order valence-electron chi connectivity index (χ1n) is 4.76. The topological polar surface area (TPSA) is 52.5 Å². The quantitative estimate of drug-likeness (QED) is 0.531. The third-order valence-corrected chi connectivity index (χ3v) is 2.50. The van der Waals surface area contributed by atoms with Gasteiger partial charge in [0.05, 0.1) is 11.0 Å². The predicted octanol–water partition coefficient (Wildman–Crippen LogP) is 2.20. The highest BCUT2D eigenvalue weighted by atomic mass is 14.8. The van der Waals surface area contributed by atoms with Crippen molar-refractivity contribution < 1.29 is 0 Å². The fraction of sp³-hybridized carbons (Fsp3) is 0. The molecule has 0 unspecified atom stereocenters. The lowest BCUT2D eigenvalue weighted by atomic mass is 10.1. The lowest BCUT2D eigenvalue weighted by Crippen LogP contribution is -2.03. The molecule has 3 rings (SSSR count). The van der Waals surface area contributed by atoms with E-state index in [0.717, 1.165) is 21.8 Å². The van der Waals surface area contributed by atoms with E-state index >= 15 is 0 Å². The number of aromatic nitrogens is 2. The maximum absolute atomic E-state index is 7.57. The van der Waals surface area contributed by atoms with Gasteiger partial charge in [0.1, 0.15) is 5.49 Å². The van der Waals surface area contributed by atoms with Gasteiger partial charge in [0.2, 0.25) is 0 Å².